The predicted octanol–water partition coefficient (Wildman–Crippen LogP) is 2.74. The highest BCUT2D eigenvalue weighted by molar-refractivity contribution is 5.57. The average molecular weight is 390 g/mol. The van der Waals surface area contributed by atoms with Crippen molar-refractivity contribution in [1.29, 1.82) is 0 Å². The molecule has 1 saturated heterocycles. The first-order valence-corrected chi connectivity index (χ1v) is 9.98. The lowest BCUT2D eigenvalue weighted by Gasteiger charge is -2.36. The van der Waals surface area contributed by atoms with Crippen LogP contribution in [0.15, 0.2) is 71.5 Å². The number of nitrogens with zero attached hydrogens (tertiary/aromatic N) is 4. The normalized spacial score (nSPS) is 14.7. The van der Waals surface area contributed by atoms with E-state index < -0.39 is 0 Å². The highest BCUT2D eigenvalue weighted by Gasteiger charge is 2.17. The topological polar surface area (TPSA) is 50.6 Å². The van der Waals surface area contributed by atoms with Crippen molar-refractivity contribution in [3.8, 4) is 17.0 Å². The molecule has 6 nitrogen and oxygen atoms in total. The first-order valence-electron chi connectivity index (χ1n) is 9.98. The van der Waals surface area contributed by atoms with Gasteiger partial charge in [-0.05, 0) is 30.3 Å². The summed E-state index contributed by atoms with van der Waals surface area (Å²) in [7, 11) is 1.68. The Labute approximate surface area is 171 Å². The zero-order valence-corrected chi connectivity index (χ0v) is 16.7. The third-order valence-electron chi connectivity index (χ3n) is 5.37. The molecule has 0 N–H and O–H groups in total. The first kappa shape index (κ1) is 19.2. The molecule has 0 bridgehead atoms. The molecular formula is C23H26N4O2. The van der Waals surface area contributed by atoms with E-state index in [1.54, 1.807) is 23.9 Å². The molecule has 4 rings (SSSR count). The molecule has 0 atom stereocenters. The Bertz CT molecular complexity index is 978. The molecule has 0 aliphatic carbocycles. The highest BCUT2D eigenvalue weighted by atomic mass is 16.5. The van der Waals surface area contributed by atoms with Crippen LogP contribution < -0.4 is 15.2 Å². The van der Waals surface area contributed by atoms with Crippen LogP contribution in [0.5, 0.6) is 5.75 Å². The Morgan fingerprint density at radius 2 is 1.59 bits per heavy atom. The van der Waals surface area contributed by atoms with Crippen molar-refractivity contribution >= 4 is 5.69 Å². The van der Waals surface area contributed by atoms with Crippen molar-refractivity contribution in [1.82, 2.24) is 14.7 Å². The van der Waals surface area contributed by atoms with Gasteiger partial charge in [0, 0.05) is 50.0 Å². The van der Waals surface area contributed by atoms with Gasteiger partial charge in [0.25, 0.3) is 5.56 Å². The number of piperazine rings is 1. The minimum atomic E-state index is -0.0541. The summed E-state index contributed by atoms with van der Waals surface area (Å²) >= 11 is 0. The fraction of sp³-hybridized carbons (Fsp3) is 0.304. The molecule has 0 saturated carbocycles. The summed E-state index contributed by atoms with van der Waals surface area (Å²) in [5, 5.41) is 4.56. The SMILES string of the molecule is COc1ccc(N2CCN(CCn3nc(-c4ccccc4)ccc3=O)CC2)cc1. The van der Waals surface area contributed by atoms with Gasteiger partial charge in [-0.2, -0.15) is 5.10 Å². The van der Waals surface area contributed by atoms with Gasteiger partial charge in [0.1, 0.15) is 5.75 Å². The second-order valence-corrected chi connectivity index (χ2v) is 7.17. The number of hydrogen-bond donors (Lipinski definition) is 0. The Balaban J connectivity index is 1.34. The minimum Gasteiger partial charge on any atom is -0.497 e. The number of hydrogen-bond acceptors (Lipinski definition) is 5. The van der Waals surface area contributed by atoms with Gasteiger partial charge in [0.15, 0.2) is 0 Å². The largest absolute Gasteiger partial charge is 0.497 e. The molecule has 0 unspecified atom stereocenters. The second kappa shape index (κ2) is 8.92. The third kappa shape index (κ3) is 4.66. The van der Waals surface area contributed by atoms with Gasteiger partial charge in [-0.1, -0.05) is 30.3 Å². The van der Waals surface area contributed by atoms with Gasteiger partial charge < -0.3 is 9.64 Å². The first-order chi connectivity index (χ1) is 14.2. The van der Waals surface area contributed by atoms with Gasteiger partial charge in [-0.25, -0.2) is 4.68 Å². The van der Waals surface area contributed by atoms with Gasteiger partial charge in [0.05, 0.1) is 19.3 Å². The van der Waals surface area contributed by atoms with Crippen LogP contribution in [0, 0.1) is 0 Å². The lowest BCUT2D eigenvalue weighted by molar-refractivity contribution is 0.243. The molecule has 29 heavy (non-hydrogen) atoms. The van der Waals surface area contributed by atoms with Gasteiger partial charge in [0.2, 0.25) is 0 Å². The number of anilines is 1. The van der Waals surface area contributed by atoms with E-state index in [1.165, 1.54) is 5.69 Å². The van der Waals surface area contributed by atoms with E-state index in [4.69, 9.17) is 4.74 Å². The number of benzene rings is 2. The standard InChI is InChI=1S/C23H26N4O2/c1-29-21-9-7-20(8-10-21)26-16-13-25(14-17-26)15-18-27-23(28)12-11-22(24-27)19-5-3-2-4-6-19/h2-12H,13-18H2,1H3. The fourth-order valence-electron chi connectivity index (χ4n) is 3.63. The van der Waals surface area contributed by atoms with E-state index in [0.717, 1.165) is 49.7 Å². The van der Waals surface area contributed by atoms with Crippen molar-refractivity contribution in [3.05, 3.63) is 77.1 Å². The summed E-state index contributed by atoms with van der Waals surface area (Å²) in [5.41, 5.74) is 3.02. The summed E-state index contributed by atoms with van der Waals surface area (Å²) in [6.45, 7) is 5.30. The van der Waals surface area contributed by atoms with Crippen molar-refractivity contribution in [2.24, 2.45) is 0 Å². The van der Waals surface area contributed by atoms with Gasteiger partial charge in [-0.15, -0.1) is 0 Å². The molecule has 1 aliphatic rings. The molecule has 1 fully saturated rings. The van der Waals surface area contributed by atoms with Crippen molar-refractivity contribution in [2.75, 3.05) is 44.7 Å². The monoisotopic (exact) mass is 390 g/mol. The number of methoxy groups -OCH3 is 1. The Hall–Kier alpha value is -3.12. The molecule has 2 aromatic carbocycles. The quantitative estimate of drug-likeness (QED) is 0.648. The summed E-state index contributed by atoms with van der Waals surface area (Å²) in [6.07, 6.45) is 0. The van der Waals surface area contributed by atoms with Crippen LogP contribution in [0.1, 0.15) is 0 Å². The van der Waals surface area contributed by atoms with Crippen molar-refractivity contribution < 1.29 is 4.74 Å². The maximum absolute atomic E-state index is 12.2. The minimum absolute atomic E-state index is 0.0541. The highest BCUT2D eigenvalue weighted by Crippen LogP contribution is 2.20. The van der Waals surface area contributed by atoms with Crippen LogP contribution in [-0.2, 0) is 6.54 Å². The molecular weight excluding hydrogens is 364 g/mol. The molecule has 2 heterocycles. The summed E-state index contributed by atoms with van der Waals surface area (Å²) in [5.74, 6) is 0.878. The number of aromatic nitrogens is 2. The zero-order chi connectivity index (χ0) is 20.1. The van der Waals surface area contributed by atoms with E-state index in [0.29, 0.717) is 6.54 Å². The van der Waals surface area contributed by atoms with E-state index in [9.17, 15) is 4.79 Å². The molecule has 6 heteroatoms. The maximum atomic E-state index is 12.2. The Kier molecular flexibility index (Phi) is 5.91. The second-order valence-electron chi connectivity index (χ2n) is 7.17. The van der Waals surface area contributed by atoms with E-state index in [1.807, 2.05) is 42.5 Å². The molecule has 0 radical (unpaired) electrons. The molecule has 0 spiro atoms. The molecule has 1 aliphatic heterocycles. The molecule has 3 aromatic rings. The van der Waals surface area contributed by atoms with Crippen LogP contribution >= 0.6 is 0 Å². The van der Waals surface area contributed by atoms with Crippen molar-refractivity contribution in [2.45, 2.75) is 6.54 Å². The lowest BCUT2D eigenvalue weighted by Crippen LogP contribution is -2.47. The molecule has 1 aromatic heterocycles. The predicted molar refractivity (Wildman–Crippen MR) is 116 cm³/mol. The fourth-order valence-corrected chi connectivity index (χ4v) is 3.63. The van der Waals surface area contributed by atoms with Crippen LogP contribution in [0.3, 0.4) is 0 Å². The Morgan fingerprint density at radius 3 is 2.28 bits per heavy atom. The van der Waals surface area contributed by atoms with Gasteiger partial charge >= 0.3 is 0 Å². The van der Waals surface area contributed by atoms with Gasteiger partial charge in [-0.3, -0.25) is 9.69 Å². The van der Waals surface area contributed by atoms with E-state index >= 15 is 0 Å². The third-order valence-corrected chi connectivity index (χ3v) is 5.37. The Morgan fingerprint density at radius 1 is 0.862 bits per heavy atom. The van der Waals surface area contributed by atoms with Crippen LogP contribution in [0.25, 0.3) is 11.3 Å². The van der Waals surface area contributed by atoms with Crippen LogP contribution in [0.4, 0.5) is 5.69 Å². The number of ether oxygens (including phenoxy) is 1. The average Bonchev–Trinajstić information content (AvgIpc) is 2.79. The summed E-state index contributed by atoms with van der Waals surface area (Å²) in [6, 6.07) is 21.6. The summed E-state index contributed by atoms with van der Waals surface area (Å²) in [4.78, 5) is 17.0. The smallest absolute Gasteiger partial charge is 0.266 e. The van der Waals surface area contributed by atoms with E-state index in [-0.39, 0.29) is 5.56 Å². The summed E-state index contributed by atoms with van der Waals surface area (Å²) < 4.78 is 6.81. The molecule has 0 amide bonds. The zero-order valence-electron chi connectivity index (χ0n) is 16.7. The maximum Gasteiger partial charge on any atom is 0.266 e. The van der Waals surface area contributed by atoms with Crippen molar-refractivity contribution in [3.63, 3.8) is 0 Å². The van der Waals surface area contributed by atoms with Crippen LogP contribution in [-0.4, -0.2) is 54.5 Å². The number of rotatable bonds is 6. The molecule has 150 valence electrons. The van der Waals surface area contributed by atoms with Crippen LogP contribution in [0.2, 0.25) is 0 Å². The van der Waals surface area contributed by atoms with E-state index in [2.05, 4.69) is 27.0 Å². The lowest BCUT2D eigenvalue weighted by atomic mass is 10.1.